The van der Waals surface area contributed by atoms with Gasteiger partial charge < -0.3 is 21.1 Å². The highest BCUT2D eigenvalue weighted by Crippen LogP contribution is 2.17. The fourth-order valence-electron chi connectivity index (χ4n) is 2.39. The van der Waals surface area contributed by atoms with Crippen LogP contribution < -0.4 is 16.4 Å². The molecule has 0 unspecified atom stereocenters. The standard InChI is InChI=1S/C15H23N3O2/c1-11-2-3-13(15(16)19)14(10-11)18-8-9-20-12-4-6-17-7-5-12/h2-3,10,12,17-18H,4-9H2,1H3,(H2,16,19). The van der Waals surface area contributed by atoms with E-state index in [0.29, 0.717) is 24.8 Å². The average molecular weight is 277 g/mol. The number of benzene rings is 1. The average Bonchev–Trinajstić information content (AvgIpc) is 2.44. The molecule has 1 aliphatic rings. The number of anilines is 1. The normalized spacial score (nSPS) is 16.1. The second-order valence-corrected chi connectivity index (χ2v) is 5.16. The van der Waals surface area contributed by atoms with Crippen molar-refractivity contribution in [2.24, 2.45) is 5.73 Å². The summed E-state index contributed by atoms with van der Waals surface area (Å²) < 4.78 is 5.82. The number of piperidine rings is 1. The van der Waals surface area contributed by atoms with Gasteiger partial charge in [-0.05, 0) is 50.6 Å². The van der Waals surface area contributed by atoms with Crippen LogP contribution in [-0.2, 0) is 4.74 Å². The summed E-state index contributed by atoms with van der Waals surface area (Å²) in [5.41, 5.74) is 7.77. The van der Waals surface area contributed by atoms with Gasteiger partial charge in [0.05, 0.1) is 18.3 Å². The van der Waals surface area contributed by atoms with Gasteiger partial charge in [-0.2, -0.15) is 0 Å². The van der Waals surface area contributed by atoms with E-state index in [-0.39, 0.29) is 0 Å². The van der Waals surface area contributed by atoms with Gasteiger partial charge in [0.25, 0.3) is 5.91 Å². The molecule has 5 nitrogen and oxygen atoms in total. The van der Waals surface area contributed by atoms with Crippen LogP contribution in [0, 0.1) is 6.92 Å². The van der Waals surface area contributed by atoms with E-state index in [0.717, 1.165) is 37.2 Å². The Morgan fingerprint density at radius 1 is 1.45 bits per heavy atom. The number of nitrogens with one attached hydrogen (secondary N) is 2. The molecule has 1 heterocycles. The predicted molar refractivity (Wildman–Crippen MR) is 80.0 cm³/mol. The van der Waals surface area contributed by atoms with Crippen LogP contribution in [0.15, 0.2) is 18.2 Å². The molecular weight excluding hydrogens is 254 g/mol. The van der Waals surface area contributed by atoms with Crippen molar-refractivity contribution in [2.45, 2.75) is 25.9 Å². The molecule has 1 saturated heterocycles. The fourth-order valence-corrected chi connectivity index (χ4v) is 2.39. The Bertz CT molecular complexity index is 456. The number of aryl methyl sites for hydroxylation is 1. The zero-order valence-corrected chi connectivity index (χ0v) is 11.9. The van der Waals surface area contributed by atoms with E-state index >= 15 is 0 Å². The molecule has 0 aromatic heterocycles. The lowest BCUT2D eigenvalue weighted by atomic mass is 10.1. The molecule has 1 fully saturated rings. The molecule has 0 radical (unpaired) electrons. The highest BCUT2D eigenvalue weighted by Gasteiger charge is 2.13. The van der Waals surface area contributed by atoms with E-state index in [1.54, 1.807) is 6.07 Å². The molecule has 1 aromatic rings. The van der Waals surface area contributed by atoms with Gasteiger partial charge in [0, 0.05) is 12.2 Å². The summed E-state index contributed by atoms with van der Waals surface area (Å²) in [7, 11) is 0. The molecule has 110 valence electrons. The summed E-state index contributed by atoms with van der Waals surface area (Å²) in [6, 6.07) is 5.58. The van der Waals surface area contributed by atoms with Crippen LogP contribution in [0.25, 0.3) is 0 Å². The molecule has 0 saturated carbocycles. The summed E-state index contributed by atoms with van der Waals surface area (Å²) >= 11 is 0. The minimum atomic E-state index is -0.410. The first-order valence-electron chi connectivity index (χ1n) is 7.13. The quantitative estimate of drug-likeness (QED) is 0.685. The van der Waals surface area contributed by atoms with Crippen molar-refractivity contribution in [3.63, 3.8) is 0 Å². The molecule has 1 aromatic carbocycles. The Morgan fingerprint density at radius 3 is 2.90 bits per heavy atom. The van der Waals surface area contributed by atoms with E-state index in [1.165, 1.54) is 0 Å². The van der Waals surface area contributed by atoms with Gasteiger partial charge in [0.15, 0.2) is 0 Å². The third-order valence-corrected chi connectivity index (χ3v) is 3.50. The van der Waals surface area contributed by atoms with E-state index in [9.17, 15) is 4.79 Å². The molecule has 1 amide bonds. The molecular formula is C15H23N3O2. The van der Waals surface area contributed by atoms with E-state index < -0.39 is 5.91 Å². The Labute approximate surface area is 119 Å². The topological polar surface area (TPSA) is 76.4 Å². The van der Waals surface area contributed by atoms with Crippen LogP contribution in [-0.4, -0.2) is 38.3 Å². The number of hydrogen-bond donors (Lipinski definition) is 3. The van der Waals surface area contributed by atoms with Gasteiger partial charge in [-0.25, -0.2) is 0 Å². The third-order valence-electron chi connectivity index (χ3n) is 3.50. The highest BCUT2D eigenvalue weighted by atomic mass is 16.5. The van der Waals surface area contributed by atoms with Crippen LogP contribution in [0.3, 0.4) is 0 Å². The molecule has 1 aliphatic heterocycles. The third kappa shape index (κ3) is 4.21. The van der Waals surface area contributed by atoms with Crippen molar-refractivity contribution in [1.82, 2.24) is 5.32 Å². The van der Waals surface area contributed by atoms with Crippen LogP contribution in [0.4, 0.5) is 5.69 Å². The van der Waals surface area contributed by atoms with E-state index in [1.807, 2.05) is 19.1 Å². The largest absolute Gasteiger partial charge is 0.382 e. The monoisotopic (exact) mass is 277 g/mol. The molecule has 0 spiro atoms. The first-order chi connectivity index (χ1) is 9.66. The summed E-state index contributed by atoms with van der Waals surface area (Å²) in [6.07, 6.45) is 2.49. The second kappa shape index (κ2) is 7.26. The zero-order chi connectivity index (χ0) is 14.4. The summed E-state index contributed by atoms with van der Waals surface area (Å²) in [5.74, 6) is -0.410. The number of primary amides is 1. The minimum absolute atomic E-state index is 0.353. The number of ether oxygens (including phenoxy) is 1. The Hall–Kier alpha value is -1.59. The van der Waals surface area contributed by atoms with Crippen molar-refractivity contribution >= 4 is 11.6 Å². The predicted octanol–water partition coefficient (Wildman–Crippen LogP) is 1.27. The summed E-state index contributed by atoms with van der Waals surface area (Å²) in [4.78, 5) is 11.4. The first kappa shape index (κ1) is 14.8. The molecule has 4 N–H and O–H groups in total. The lowest BCUT2D eigenvalue weighted by Gasteiger charge is -2.23. The SMILES string of the molecule is Cc1ccc(C(N)=O)c(NCCOC2CCNCC2)c1. The number of rotatable bonds is 6. The molecule has 2 rings (SSSR count). The van der Waals surface area contributed by atoms with Crippen LogP contribution in [0.2, 0.25) is 0 Å². The number of hydrogen-bond acceptors (Lipinski definition) is 4. The van der Waals surface area contributed by atoms with Crippen molar-refractivity contribution in [3.05, 3.63) is 29.3 Å². The van der Waals surface area contributed by atoms with Crippen molar-refractivity contribution < 1.29 is 9.53 Å². The maximum absolute atomic E-state index is 11.4. The maximum atomic E-state index is 11.4. The number of amides is 1. The zero-order valence-electron chi connectivity index (χ0n) is 11.9. The number of nitrogens with two attached hydrogens (primary N) is 1. The maximum Gasteiger partial charge on any atom is 0.250 e. The number of carbonyl (C=O) groups excluding carboxylic acids is 1. The first-order valence-corrected chi connectivity index (χ1v) is 7.13. The lowest BCUT2D eigenvalue weighted by Crippen LogP contribution is -2.33. The highest BCUT2D eigenvalue weighted by molar-refractivity contribution is 5.98. The molecule has 0 aliphatic carbocycles. The molecule has 0 bridgehead atoms. The Morgan fingerprint density at radius 2 is 2.20 bits per heavy atom. The lowest BCUT2D eigenvalue weighted by molar-refractivity contribution is 0.0394. The van der Waals surface area contributed by atoms with Gasteiger partial charge in [-0.1, -0.05) is 6.07 Å². The van der Waals surface area contributed by atoms with Crippen LogP contribution in [0.1, 0.15) is 28.8 Å². The van der Waals surface area contributed by atoms with Gasteiger partial charge >= 0.3 is 0 Å². The Balaban J connectivity index is 1.81. The molecule has 5 heteroatoms. The van der Waals surface area contributed by atoms with Gasteiger partial charge in [-0.3, -0.25) is 4.79 Å². The molecule has 0 atom stereocenters. The van der Waals surface area contributed by atoms with E-state index in [2.05, 4.69) is 10.6 Å². The molecule has 20 heavy (non-hydrogen) atoms. The smallest absolute Gasteiger partial charge is 0.250 e. The van der Waals surface area contributed by atoms with Gasteiger partial charge in [0.1, 0.15) is 0 Å². The van der Waals surface area contributed by atoms with Gasteiger partial charge in [-0.15, -0.1) is 0 Å². The van der Waals surface area contributed by atoms with Crippen LogP contribution in [0.5, 0.6) is 0 Å². The van der Waals surface area contributed by atoms with Crippen molar-refractivity contribution in [2.75, 3.05) is 31.6 Å². The van der Waals surface area contributed by atoms with Crippen LogP contribution >= 0.6 is 0 Å². The number of carbonyl (C=O) groups is 1. The minimum Gasteiger partial charge on any atom is -0.382 e. The fraction of sp³-hybridized carbons (Fsp3) is 0.533. The Kier molecular flexibility index (Phi) is 5.38. The van der Waals surface area contributed by atoms with Gasteiger partial charge in [0.2, 0.25) is 0 Å². The summed E-state index contributed by atoms with van der Waals surface area (Å²) in [5, 5.41) is 6.54. The van der Waals surface area contributed by atoms with Crippen molar-refractivity contribution in [3.8, 4) is 0 Å². The van der Waals surface area contributed by atoms with Crippen molar-refractivity contribution in [1.29, 1.82) is 0 Å². The second-order valence-electron chi connectivity index (χ2n) is 5.16. The van der Waals surface area contributed by atoms with E-state index in [4.69, 9.17) is 10.5 Å². The summed E-state index contributed by atoms with van der Waals surface area (Å²) in [6.45, 7) is 5.36.